The third kappa shape index (κ3) is 1.22. The van der Waals surface area contributed by atoms with Gasteiger partial charge >= 0.3 is 0 Å². The molecule has 0 radical (unpaired) electrons. The van der Waals surface area contributed by atoms with Crippen LogP contribution in [0.4, 0.5) is 0 Å². The molecule has 0 saturated carbocycles. The first-order valence-corrected chi connectivity index (χ1v) is 2.80. The zero-order valence-electron chi connectivity index (χ0n) is 4.65. The standard InChI is InChI=1S/C6H11N/c1-6-4-2-3-5-7-6/h3,5-7H,2,4H2,1H3. The number of hydrogen-bond donors (Lipinski definition) is 1. The molecule has 0 amide bonds. The van der Waals surface area contributed by atoms with Crippen LogP contribution in [-0.2, 0) is 0 Å². The Balaban J connectivity index is 2.32. The van der Waals surface area contributed by atoms with Crippen LogP contribution in [0.3, 0.4) is 0 Å². The molecule has 0 bridgehead atoms. The maximum atomic E-state index is 3.20. The lowest BCUT2D eigenvalue weighted by Crippen LogP contribution is -2.22. The molecule has 0 aliphatic carbocycles. The maximum absolute atomic E-state index is 3.20. The molecule has 1 nitrogen and oxygen atoms in total. The van der Waals surface area contributed by atoms with Crippen LogP contribution in [0.2, 0.25) is 0 Å². The largest absolute Gasteiger partial charge is 0.389 e. The Bertz CT molecular complexity index is 76.2. The normalized spacial score (nSPS) is 29.6. The quantitative estimate of drug-likeness (QED) is 0.480. The molecule has 1 heterocycles. The van der Waals surface area contributed by atoms with E-state index in [1.54, 1.807) is 0 Å². The van der Waals surface area contributed by atoms with Crippen molar-refractivity contribution in [2.75, 3.05) is 0 Å². The summed E-state index contributed by atoms with van der Waals surface area (Å²) in [6, 6.07) is 0.699. The molecule has 1 aliphatic rings. The fraction of sp³-hybridized carbons (Fsp3) is 0.667. The van der Waals surface area contributed by atoms with Crippen LogP contribution < -0.4 is 5.32 Å². The molecule has 0 spiro atoms. The first kappa shape index (κ1) is 4.69. The average Bonchev–Trinajstić information content (AvgIpc) is 1.69. The molecule has 40 valence electrons. The molecule has 0 saturated heterocycles. The minimum Gasteiger partial charge on any atom is -0.389 e. The first-order chi connectivity index (χ1) is 3.39. The fourth-order valence-corrected chi connectivity index (χ4v) is 0.745. The molecule has 0 aromatic carbocycles. The van der Waals surface area contributed by atoms with Gasteiger partial charge in [0.15, 0.2) is 0 Å². The first-order valence-electron chi connectivity index (χ1n) is 2.80. The van der Waals surface area contributed by atoms with E-state index in [0.717, 1.165) is 0 Å². The summed E-state index contributed by atoms with van der Waals surface area (Å²) in [5, 5.41) is 3.20. The Morgan fingerprint density at radius 1 is 1.71 bits per heavy atom. The van der Waals surface area contributed by atoms with E-state index in [-0.39, 0.29) is 0 Å². The van der Waals surface area contributed by atoms with Crippen molar-refractivity contribution in [1.82, 2.24) is 5.32 Å². The Labute approximate surface area is 44.4 Å². The van der Waals surface area contributed by atoms with Gasteiger partial charge in [-0.2, -0.15) is 0 Å². The van der Waals surface area contributed by atoms with Crippen LogP contribution in [0.5, 0.6) is 0 Å². The molecular weight excluding hydrogens is 86.1 g/mol. The van der Waals surface area contributed by atoms with E-state index in [1.807, 2.05) is 6.20 Å². The van der Waals surface area contributed by atoms with Crippen LogP contribution in [0.25, 0.3) is 0 Å². The van der Waals surface area contributed by atoms with Crippen molar-refractivity contribution in [3.05, 3.63) is 12.3 Å². The van der Waals surface area contributed by atoms with Crippen LogP contribution in [0, 0.1) is 0 Å². The topological polar surface area (TPSA) is 12.0 Å². The minimum atomic E-state index is 0.699. The van der Waals surface area contributed by atoms with Gasteiger partial charge in [0.05, 0.1) is 0 Å². The van der Waals surface area contributed by atoms with Crippen molar-refractivity contribution in [2.24, 2.45) is 0 Å². The van der Waals surface area contributed by atoms with Crippen molar-refractivity contribution in [3.8, 4) is 0 Å². The highest BCUT2D eigenvalue weighted by Crippen LogP contribution is 2.01. The van der Waals surface area contributed by atoms with Gasteiger partial charge in [-0.3, -0.25) is 0 Å². The average molecular weight is 97.2 g/mol. The highest BCUT2D eigenvalue weighted by Gasteiger charge is 1.98. The lowest BCUT2D eigenvalue weighted by Gasteiger charge is -2.13. The van der Waals surface area contributed by atoms with Crippen molar-refractivity contribution in [3.63, 3.8) is 0 Å². The van der Waals surface area contributed by atoms with Gasteiger partial charge in [-0.25, -0.2) is 0 Å². The molecule has 0 fully saturated rings. The highest BCUT2D eigenvalue weighted by molar-refractivity contribution is 4.87. The molecule has 1 unspecified atom stereocenters. The van der Waals surface area contributed by atoms with Crippen molar-refractivity contribution < 1.29 is 0 Å². The molecule has 1 aliphatic heterocycles. The fourth-order valence-electron chi connectivity index (χ4n) is 0.745. The zero-order chi connectivity index (χ0) is 5.11. The van der Waals surface area contributed by atoms with Crippen LogP contribution >= 0.6 is 0 Å². The van der Waals surface area contributed by atoms with E-state index >= 15 is 0 Å². The molecular formula is C6H11N. The van der Waals surface area contributed by atoms with Gasteiger partial charge in [0.1, 0.15) is 0 Å². The van der Waals surface area contributed by atoms with Gasteiger partial charge < -0.3 is 5.32 Å². The summed E-state index contributed by atoms with van der Waals surface area (Å²) in [5.41, 5.74) is 0. The highest BCUT2D eigenvalue weighted by atomic mass is 14.9. The van der Waals surface area contributed by atoms with Crippen molar-refractivity contribution in [2.45, 2.75) is 25.8 Å². The van der Waals surface area contributed by atoms with Crippen LogP contribution in [0.15, 0.2) is 12.3 Å². The minimum absolute atomic E-state index is 0.699. The molecule has 1 heteroatoms. The smallest absolute Gasteiger partial charge is 0.0230 e. The number of nitrogens with one attached hydrogen (secondary N) is 1. The second-order valence-electron chi connectivity index (χ2n) is 2.05. The summed E-state index contributed by atoms with van der Waals surface area (Å²) < 4.78 is 0. The number of allylic oxidation sites excluding steroid dienone is 1. The van der Waals surface area contributed by atoms with Gasteiger partial charge in [-0.1, -0.05) is 6.08 Å². The summed E-state index contributed by atoms with van der Waals surface area (Å²) in [4.78, 5) is 0. The maximum Gasteiger partial charge on any atom is 0.0230 e. The summed E-state index contributed by atoms with van der Waals surface area (Å²) in [5.74, 6) is 0. The van der Waals surface area contributed by atoms with E-state index in [0.29, 0.717) is 6.04 Å². The predicted octanol–water partition coefficient (Wildman–Crippen LogP) is 1.27. The molecule has 1 rings (SSSR count). The Morgan fingerprint density at radius 2 is 2.57 bits per heavy atom. The van der Waals surface area contributed by atoms with E-state index < -0.39 is 0 Å². The monoisotopic (exact) mass is 97.1 g/mol. The van der Waals surface area contributed by atoms with Gasteiger partial charge in [0.2, 0.25) is 0 Å². The van der Waals surface area contributed by atoms with Crippen LogP contribution in [0.1, 0.15) is 19.8 Å². The van der Waals surface area contributed by atoms with Crippen molar-refractivity contribution in [1.29, 1.82) is 0 Å². The Kier molecular flexibility index (Phi) is 1.35. The lowest BCUT2D eigenvalue weighted by atomic mass is 10.1. The van der Waals surface area contributed by atoms with Gasteiger partial charge in [-0.05, 0) is 26.0 Å². The predicted molar refractivity (Wildman–Crippen MR) is 31.0 cm³/mol. The van der Waals surface area contributed by atoms with Gasteiger partial charge in [0, 0.05) is 6.04 Å². The van der Waals surface area contributed by atoms with E-state index in [2.05, 4.69) is 18.3 Å². The van der Waals surface area contributed by atoms with E-state index in [9.17, 15) is 0 Å². The third-order valence-electron chi connectivity index (χ3n) is 1.26. The molecule has 0 aromatic heterocycles. The number of rotatable bonds is 0. The SMILES string of the molecule is CC1CCC=CN1. The van der Waals surface area contributed by atoms with Crippen LogP contribution in [-0.4, -0.2) is 6.04 Å². The summed E-state index contributed by atoms with van der Waals surface area (Å²) in [6.07, 6.45) is 6.73. The second kappa shape index (κ2) is 2.01. The third-order valence-corrected chi connectivity index (χ3v) is 1.26. The van der Waals surface area contributed by atoms with E-state index in [4.69, 9.17) is 0 Å². The van der Waals surface area contributed by atoms with Gasteiger partial charge in [-0.15, -0.1) is 0 Å². The Morgan fingerprint density at radius 3 is 2.86 bits per heavy atom. The summed E-state index contributed by atoms with van der Waals surface area (Å²) in [6.45, 7) is 2.20. The zero-order valence-corrected chi connectivity index (χ0v) is 4.65. The second-order valence-corrected chi connectivity index (χ2v) is 2.05. The van der Waals surface area contributed by atoms with Gasteiger partial charge in [0.25, 0.3) is 0 Å². The number of hydrogen-bond acceptors (Lipinski definition) is 1. The Hall–Kier alpha value is -0.460. The summed E-state index contributed by atoms with van der Waals surface area (Å²) >= 11 is 0. The molecule has 7 heavy (non-hydrogen) atoms. The molecule has 1 atom stereocenters. The van der Waals surface area contributed by atoms with E-state index in [1.165, 1.54) is 12.8 Å². The molecule has 1 N–H and O–H groups in total. The van der Waals surface area contributed by atoms with Crippen molar-refractivity contribution >= 4 is 0 Å². The lowest BCUT2D eigenvalue weighted by molar-refractivity contribution is 0.569. The summed E-state index contributed by atoms with van der Waals surface area (Å²) in [7, 11) is 0. The molecule has 0 aromatic rings.